The van der Waals surface area contributed by atoms with Gasteiger partial charge in [-0.15, -0.1) is 0 Å². The van der Waals surface area contributed by atoms with E-state index in [0.29, 0.717) is 28.2 Å². The number of aromatic nitrogens is 2. The van der Waals surface area contributed by atoms with Gasteiger partial charge >= 0.3 is 0 Å². The molecule has 7 heteroatoms. The summed E-state index contributed by atoms with van der Waals surface area (Å²) in [4.78, 5) is 8.33. The zero-order valence-corrected chi connectivity index (χ0v) is 12.9. The highest BCUT2D eigenvalue weighted by molar-refractivity contribution is 6.42. The van der Waals surface area contributed by atoms with E-state index >= 15 is 0 Å². The molecule has 1 aromatic carbocycles. The van der Waals surface area contributed by atoms with Crippen LogP contribution in [0.4, 0.5) is 17.3 Å². The molecule has 0 atom stereocenters. The van der Waals surface area contributed by atoms with E-state index in [4.69, 9.17) is 27.6 Å². The van der Waals surface area contributed by atoms with Crippen LogP contribution in [0.3, 0.4) is 0 Å². The van der Waals surface area contributed by atoms with Crippen molar-refractivity contribution < 1.29 is 4.42 Å². The quantitative estimate of drug-likeness (QED) is 0.706. The highest BCUT2D eigenvalue weighted by atomic mass is 35.5. The Morgan fingerprint density at radius 2 is 1.86 bits per heavy atom. The SMILES string of the molecule is Clc1ccc(Nc2cc(NCc3ccco3)ncn2)cc1Cl. The molecule has 0 spiro atoms. The number of benzene rings is 1. The van der Waals surface area contributed by atoms with E-state index in [-0.39, 0.29) is 0 Å². The summed E-state index contributed by atoms with van der Waals surface area (Å²) in [6.45, 7) is 0.552. The van der Waals surface area contributed by atoms with Gasteiger partial charge in [0.15, 0.2) is 0 Å². The van der Waals surface area contributed by atoms with Crippen molar-refractivity contribution in [1.82, 2.24) is 9.97 Å². The summed E-state index contributed by atoms with van der Waals surface area (Å²) in [7, 11) is 0. The summed E-state index contributed by atoms with van der Waals surface area (Å²) in [5.74, 6) is 2.17. The summed E-state index contributed by atoms with van der Waals surface area (Å²) in [6.07, 6.45) is 3.11. The predicted octanol–water partition coefficient (Wildman–Crippen LogP) is 4.73. The third-order valence-corrected chi connectivity index (χ3v) is 3.62. The lowest BCUT2D eigenvalue weighted by Gasteiger charge is -2.08. The average molecular weight is 335 g/mol. The van der Waals surface area contributed by atoms with Gasteiger partial charge in [0.2, 0.25) is 0 Å². The first-order valence-corrected chi connectivity index (χ1v) is 7.27. The van der Waals surface area contributed by atoms with Crippen LogP contribution in [0, 0.1) is 0 Å². The van der Waals surface area contributed by atoms with Gasteiger partial charge in [0, 0.05) is 11.8 Å². The molecular weight excluding hydrogens is 323 g/mol. The van der Waals surface area contributed by atoms with Gasteiger partial charge in [-0.05, 0) is 30.3 Å². The van der Waals surface area contributed by atoms with Crippen molar-refractivity contribution in [1.29, 1.82) is 0 Å². The van der Waals surface area contributed by atoms with Crippen molar-refractivity contribution in [2.24, 2.45) is 0 Å². The topological polar surface area (TPSA) is 63.0 Å². The molecule has 22 heavy (non-hydrogen) atoms. The number of hydrogen-bond acceptors (Lipinski definition) is 5. The Labute approximate surface area is 137 Å². The van der Waals surface area contributed by atoms with Crippen molar-refractivity contribution in [2.45, 2.75) is 6.54 Å². The summed E-state index contributed by atoms with van der Waals surface area (Å²) in [6, 6.07) is 10.8. The zero-order chi connectivity index (χ0) is 15.4. The number of rotatable bonds is 5. The average Bonchev–Trinajstić information content (AvgIpc) is 3.03. The van der Waals surface area contributed by atoms with Gasteiger partial charge < -0.3 is 15.1 Å². The fourth-order valence-corrected chi connectivity index (χ4v) is 2.13. The molecule has 2 heterocycles. The smallest absolute Gasteiger partial charge is 0.135 e. The molecule has 2 N–H and O–H groups in total. The fraction of sp³-hybridized carbons (Fsp3) is 0.0667. The van der Waals surface area contributed by atoms with Crippen LogP contribution >= 0.6 is 23.2 Å². The number of nitrogens with one attached hydrogen (secondary N) is 2. The lowest BCUT2D eigenvalue weighted by molar-refractivity contribution is 0.518. The van der Waals surface area contributed by atoms with Gasteiger partial charge in [-0.25, -0.2) is 9.97 Å². The van der Waals surface area contributed by atoms with Gasteiger partial charge in [0.25, 0.3) is 0 Å². The molecule has 5 nitrogen and oxygen atoms in total. The molecule has 0 saturated heterocycles. The maximum Gasteiger partial charge on any atom is 0.135 e. The molecule has 0 aliphatic heterocycles. The van der Waals surface area contributed by atoms with Crippen LogP contribution in [0.1, 0.15) is 5.76 Å². The van der Waals surface area contributed by atoms with E-state index in [9.17, 15) is 0 Å². The van der Waals surface area contributed by atoms with Gasteiger partial charge in [-0.2, -0.15) is 0 Å². The highest BCUT2D eigenvalue weighted by Crippen LogP contribution is 2.26. The van der Waals surface area contributed by atoms with Gasteiger partial charge in [0.05, 0.1) is 22.9 Å². The molecule has 112 valence electrons. The third kappa shape index (κ3) is 3.69. The van der Waals surface area contributed by atoms with Crippen LogP contribution < -0.4 is 10.6 Å². The number of halogens is 2. The summed E-state index contributed by atoms with van der Waals surface area (Å²) in [5.41, 5.74) is 0.796. The van der Waals surface area contributed by atoms with E-state index < -0.39 is 0 Å². The Morgan fingerprint density at radius 1 is 1.00 bits per heavy atom. The van der Waals surface area contributed by atoms with Crippen LogP contribution in [0.25, 0.3) is 0 Å². The molecule has 3 rings (SSSR count). The first-order chi connectivity index (χ1) is 10.7. The standard InChI is InChI=1S/C15H12Cl2N4O/c16-12-4-3-10(6-13(12)17)21-15-7-14(19-9-20-15)18-8-11-2-1-5-22-11/h1-7,9H,8H2,(H2,18,19,20,21). The molecule has 3 aromatic rings. The van der Waals surface area contributed by atoms with Gasteiger partial charge in [-0.1, -0.05) is 23.2 Å². The van der Waals surface area contributed by atoms with E-state index in [1.807, 2.05) is 18.2 Å². The van der Waals surface area contributed by atoms with Crippen molar-refractivity contribution >= 4 is 40.5 Å². The lowest BCUT2D eigenvalue weighted by Crippen LogP contribution is -2.02. The number of anilines is 3. The van der Waals surface area contributed by atoms with E-state index in [0.717, 1.165) is 11.4 Å². The van der Waals surface area contributed by atoms with Crippen LogP contribution in [0.2, 0.25) is 10.0 Å². The second-order valence-electron chi connectivity index (χ2n) is 4.48. The van der Waals surface area contributed by atoms with Crippen LogP contribution in [0.15, 0.2) is 53.4 Å². The third-order valence-electron chi connectivity index (χ3n) is 2.88. The second-order valence-corrected chi connectivity index (χ2v) is 5.29. The molecule has 0 fully saturated rings. The normalized spacial score (nSPS) is 10.5. The van der Waals surface area contributed by atoms with Crippen LogP contribution in [0.5, 0.6) is 0 Å². The Balaban J connectivity index is 1.69. The predicted molar refractivity (Wildman–Crippen MR) is 87.8 cm³/mol. The molecule has 0 amide bonds. The monoisotopic (exact) mass is 334 g/mol. The molecule has 0 aliphatic carbocycles. The highest BCUT2D eigenvalue weighted by Gasteiger charge is 2.03. The number of nitrogens with zero attached hydrogens (tertiary/aromatic N) is 2. The summed E-state index contributed by atoms with van der Waals surface area (Å²) >= 11 is 11.9. The maximum absolute atomic E-state index is 5.99. The lowest BCUT2D eigenvalue weighted by atomic mass is 10.3. The second kappa shape index (κ2) is 6.68. The molecule has 0 bridgehead atoms. The van der Waals surface area contributed by atoms with Crippen LogP contribution in [-0.4, -0.2) is 9.97 Å². The van der Waals surface area contributed by atoms with Crippen molar-refractivity contribution in [3.8, 4) is 0 Å². The van der Waals surface area contributed by atoms with E-state index in [1.165, 1.54) is 6.33 Å². The van der Waals surface area contributed by atoms with Crippen molar-refractivity contribution in [2.75, 3.05) is 10.6 Å². The maximum atomic E-state index is 5.99. The van der Waals surface area contributed by atoms with E-state index in [2.05, 4.69) is 20.6 Å². The molecule has 0 unspecified atom stereocenters. The number of hydrogen-bond donors (Lipinski definition) is 2. The molecule has 0 radical (unpaired) electrons. The molecule has 0 aliphatic rings. The first kappa shape index (κ1) is 14.7. The minimum absolute atomic E-state index is 0.483. The van der Waals surface area contributed by atoms with Crippen molar-refractivity contribution in [3.63, 3.8) is 0 Å². The Hall–Kier alpha value is -2.24. The molecule has 2 aromatic heterocycles. The number of furan rings is 1. The fourth-order valence-electron chi connectivity index (χ4n) is 1.83. The summed E-state index contributed by atoms with van der Waals surface area (Å²) in [5, 5.41) is 7.30. The largest absolute Gasteiger partial charge is 0.467 e. The van der Waals surface area contributed by atoms with Crippen LogP contribution in [-0.2, 0) is 6.54 Å². The van der Waals surface area contributed by atoms with Gasteiger partial charge in [0.1, 0.15) is 23.7 Å². The Bertz CT molecular complexity index is 762. The zero-order valence-electron chi connectivity index (χ0n) is 11.4. The first-order valence-electron chi connectivity index (χ1n) is 6.51. The summed E-state index contributed by atoms with van der Waals surface area (Å²) < 4.78 is 5.26. The molecule has 0 saturated carbocycles. The Kier molecular flexibility index (Phi) is 4.46. The Morgan fingerprint density at radius 3 is 2.64 bits per heavy atom. The molecular formula is C15H12Cl2N4O. The minimum Gasteiger partial charge on any atom is -0.467 e. The minimum atomic E-state index is 0.483. The van der Waals surface area contributed by atoms with Crippen molar-refractivity contribution in [3.05, 3.63) is 64.8 Å². The van der Waals surface area contributed by atoms with E-state index in [1.54, 1.807) is 24.5 Å². The van der Waals surface area contributed by atoms with Gasteiger partial charge in [-0.3, -0.25) is 0 Å².